The zero-order valence-electron chi connectivity index (χ0n) is 12.6. The van der Waals surface area contributed by atoms with Crippen LogP contribution < -0.4 is 5.32 Å². The topological polar surface area (TPSA) is 37.8 Å². The first-order valence-electron chi connectivity index (χ1n) is 7.19. The highest BCUT2D eigenvalue weighted by Crippen LogP contribution is 2.32. The summed E-state index contributed by atoms with van der Waals surface area (Å²) in [5, 5.41) is 4.07. The number of anilines is 1. The normalized spacial score (nSPS) is 10.7. The van der Waals surface area contributed by atoms with Crippen molar-refractivity contribution in [3.63, 3.8) is 0 Å². The van der Waals surface area contributed by atoms with Gasteiger partial charge in [0.05, 0.1) is 0 Å². The van der Waals surface area contributed by atoms with Gasteiger partial charge in [-0.15, -0.1) is 0 Å². The molecule has 0 aliphatic rings. The van der Waals surface area contributed by atoms with Crippen molar-refractivity contribution in [1.29, 1.82) is 0 Å². The zero-order valence-corrected chi connectivity index (χ0v) is 13.4. The molecule has 0 bridgehead atoms. The van der Waals surface area contributed by atoms with Crippen molar-refractivity contribution in [2.75, 3.05) is 11.9 Å². The molecule has 2 aromatic rings. The van der Waals surface area contributed by atoms with E-state index < -0.39 is 0 Å². The first-order chi connectivity index (χ1) is 10.2. The predicted molar refractivity (Wildman–Crippen MR) is 85.5 cm³/mol. The Bertz CT molecular complexity index is 616. The quantitative estimate of drug-likeness (QED) is 0.800. The standard InChI is InChI=1S/C16H20FN3S/c1-4-8-14-19-15(18-5-2)11(3)16(20-14)21-13-10-7-6-9-12(13)17/h6-7,9-10H,4-5,8H2,1-3H3,(H,18,19,20). The molecule has 0 unspecified atom stereocenters. The summed E-state index contributed by atoms with van der Waals surface area (Å²) in [4.78, 5) is 9.72. The van der Waals surface area contributed by atoms with Crippen molar-refractivity contribution >= 4 is 17.6 Å². The fourth-order valence-corrected chi connectivity index (χ4v) is 2.87. The maximum atomic E-state index is 13.8. The molecule has 2 rings (SSSR count). The van der Waals surface area contributed by atoms with Gasteiger partial charge in [-0.3, -0.25) is 0 Å². The minimum Gasteiger partial charge on any atom is -0.370 e. The fraction of sp³-hybridized carbons (Fsp3) is 0.375. The van der Waals surface area contributed by atoms with Gasteiger partial charge in [-0.2, -0.15) is 0 Å². The van der Waals surface area contributed by atoms with Crippen LogP contribution in [0.1, 0.15) is 31.7 Å². The lowest BCUT2D eigenvalue weighted by Gasteiger charge is -2.13. The third-order valence-corrected chi connectivity index (χ3v) is 4.15. The third-order valence-electron chi connectivity index (χ3n) is 3.01. The van der Waals surface area contributed by atoms with Crippen molar-refractivity contribution in [1.82, 2.24) is 9.97 Å². The van der Waals surface area contributed by atoms with Crippen LogP contribution in [0.25, 0.3) is 0 Å². The largest absolute Gasteiger partial charge is 0.370 e. The van der Waals surface area contributed by atoms with Crippen molar-refractivity contribution < 1.29 is 4.39 Å². The van der Waals surface area contributed by atoms with E-state index in [1.165, 1.54) is 17.8 Å². The highest BCUT2D eigenvalue weighted by atomic mass is 32.2. The van der Waals surface area contributed by atoms with Crippen LogP contribution in [0.2, 0.25) is 0 Å². The first kappa shape index (κ1) is 15.8. The molecule has 112 valence electrons. The lowest BCUT2D eigenvalue weighted by molar-refractivity contribution is 0.602. The summed E-state index contributed by atoms with van der Waals surface area (Å²) in [6.07, 6.45) is 1.81. The molecule has 0 fully saturated rings. The fourth-order valence-electron chi connectivity index (χ4n) is 1.95. The minimum absolute atomic E-state index is 0.220. The average Bonchev–Trinajstić information content (AvgIpc) is 2.46. The molecule has 0 atom stereocenters. The number of nitrogens with zero attached hydrogens (tertiary/aromatic N) is 2. The van der Waals surface area contributed by atoms with Crippen LogP contribution >= 0.6 is 11.8 Å². The Balaban J connectivity index is 2.39. The van der Waals surface area contributed by atoms with Crippen molar-refractivity contribution in [3.05, 3.63) is 41.5 Å². The Hall–Kier alpha value is -1.62. The van der Waals surface area contributed by atoms with Crippen LogP contribution in [0, 0.1) is 12.7 Å². The lowest BCUT2D eigenvalue weighted by atomic mass is 10.3. The highest BCUT2D eigenvalue weighted by molar-refractivity contribution is 7.99. The van der Waals surface area contributed by atoms with Gasteiger partial charge in [0.25, 0.3) is 0 Å². The molecule has 1 heterocycles. The molecule has 0 saturated heterocycles. The summed E-state index contributed by atoms with van der Waals surface area (Å²) in [5.74, 6) is 1.43. The van der Waals surface area contributed by atoms with Crippen LogP contribution in [0.4, 0.5) is 10.2 Å². The van der Waals surface area contributed by atoms with Crippen molar-refractivity contribution in [3.8, 4) is 0 Å². The molecule has 1 aromatic carbocycles. The number of hydrogen-bond donors (Lipinski definition) is 1. The lowest BCUT2D eigenvalue weighted by Crippen LogP contribution is -2.07. The van der Waals surface area contributed by atoms with E-state index in [2.05, 4.69) is 22.2 Å². The van der Waals surface area contributed by atoms with E-state index >= 15 is 0 Å². The van der Waals surface area contributed by atoms with Gasteiger partial charge in [0.15, 0.2) is 0 Å². The summed E-state index contributed by atoms with van der Waals surface area (Å²) in [5.41, 5.74) is 0.963. The Morgan fingerprint density at radius 1 is 1.19 bits per heavy atom. The number of hydrogen-bond acceptors (Lipinski definition) is 4. The maximum Gasteiger partial charge on any atom is 0.137 e. The van der Waals surface area contributed by atoms with Crippen LogP contribution in [0.3, 0.4) is 0 Å². The van der Waals surface area contributed by atoms with Crippen LogP contribution in [-0.4, -0.2) is 16.5 Å². The van der Waals surface area contributed by atoms with E-state index in [1.54, 1.807) is 12.1 Å². The third kappa shape index (κ3) is 3.94. The van der Waals surface area contributed by atoms with Gasteiger partial charge in [-0.1, -0.05) is 30.8 Å². The Morgan fingerprint density at radius 3 is 2.62 bits per heavy atom. The van der Waals surface area contributed by atoms with Gasteiger partial charge in [0.1, 0.15) is 22.5 Å². The van der Waals surface area contributed by atoms with Crippen molar-refractivity contribution in [2.24, 2.45) is 0 Å². The van der Waals surface area contributed by atoms with E-state index in [-0.39, 0.29) is 5.82 Å². The second kappa shape index (κ2) is 7.41. The molecule has 0 aliphatic heterocycles. The predicted octanol–water partition coefficient (Wildman–Crippen LogP) is 4.46. The number of nitrogens with one attached hydrogen (secondary N) is 1. The molecule has 0 aliphatic carbocycles. The van der Waals surface area contributed by atoms with Gasteiger partial charge >= 0.3 is 0 Å². The number of aryl methyl sites for hydroxylation is 1. The molecule has 1 N–H and O–H groups in total. The van der Waals surface area contributed by atoms with Gasteiger partial charge in [-0.05, 0) is 32.4 Å². The molecule has 1 aromatic heterocycles. The molecular weight excluding hydrogens is 285 g/mol. The SMILES string of the molecule is CCCc1nc(NCC)c(C)c(Sc2ccccc2F)n1. The molecule has 5 heteroatoms. The monoisotopic (exact) mass is 305 g/mol. The molecule has 0 saturated carbocycles. The summed E-state index contributed by atoms with van der Waals surface area (Å²) in [6.45, 7) is 6.90. The Labute approximate surface area is 129 Å². The van der Waals surface area contributed by atoms with E-state index in [9.17, 15) is 4.39 Å². The Kier molecular flexibility index (Phi) is 5.56. The van der Waals surface area contributed by atoms with Gasteiger partial charge in [-0.25, -0.2) is 14.4 Å². The van der Waals surface area contributed by atoms with E-state index in [4.69, 9.17) is 0 Å². The molecule has 0 amide bonds. The molecular formula is C16H20FN3S. The molecule has 0 radical (unpaired) electrons. The number of aromatic nitrogens is 2. The molecule has 0 spiro atoms. The van der Waals surface area contributed by atoms with Crippen LogP contribution in [0.5, 0.6) is 0 Å². The first-order valence-corrected chi connectivity index (χ1v) is 8.01. The van der Waals surface area contributed by atoms with Crippen molar-refractivity contribution in [2.45, 2.75) is 43.5 Å². The van der Waals surface area contributed by atoms with E-state index in [1.807, 2.05) is 19.9 Å². The maximum absolute atomic E-state index is 13.8. The molecule has 3 nitrogen and oxygen atoms in total. The van der Waals surface area contributed by atoms with Gasteiger partial charge in [0.2, 0.25) is 0 Å². The molecule has 21 heavy (non-hydrogen) atoms. The number of rotatable bonds is 6. The average molecular weight is 305 g/mol. The smallest absolute Gasteiger partial charge is 0.137 e. The second-order valence-corrected chi connectivity index (χ2v) is 5.76. The highest BCUT2D eigenvalue weighted by Gasteiger charge is 2.13. The van der Waals surface area contributed by atoms with Gasteiger partial charge in [0, 0.05) is 23.4 Å². The summed E-state index contributed by atoms with van der Waals surface area (Å²) >= 11 is 1.35. The van der Waals surface area contributed by atoms with Crippen LogP contribution in [0.15, 0.2) is 34.2 Å². The van der Waals surface area contributed by atoms with E-state index in [0.29, 0.717) is 4.90 Å². The van der Waals surface area contributed by atoms with E-state index in [0.717, 1.165) is 41.6 Å². The summed E-state index contributed by atoms with van der Waals surface area (Å²) in [7, 11) is 0. The van der Waals surface area contributed by atoms with Crippen LogP contribution in [-0.2, 0) is 6.42 Å². The number of halogens is 1. The second-order valence-electron chi connectivity index (χ2n) is 4.73. The zero-order chi connectivity index (χ0) is 15.2. The van der Waals surface area contributed by atoms with Gasteiger partial charge < -0.3 is 5.32 Å². The summed E-state index contributed by atoms with van der Waals surface area (Å²) < 4.78 is 13.8. The minimum atomic E-state index is -0.220. The summed E-state index contributed by atoms with van der Waals surface area (Å²) in [6, 6.07) is 6.77. The Morgan fingerprint density at radius 2 is 1.95 bits per heavy atom. The number of benzene rings is 1.